The fraction of sp³-hybridized carbons (Fsp3) is 0.625. The predicted octanol–water partition coefficient (Wildman–Crippen LogP) is 2.79. The van der Waals surface area contributed by atoms with E-state index < -0.39 is 0 Å². The first-order chi connectivity index (χ1) is 9.77. The number of benzene rings is 1. The molecule has 114 valence electrons. The van der Waals surface area contributed by atoms with Crippen LogP contribution < -0.4 is 10.1 Å². The van der Waals surface area contributed by atoms with Crippen LogP contribution in [0.25, 0.3) is 0 Å². The van der Waals surface area contributed by atoms with Crippen LogP contribution in [0.3, 0.4) is 0 Å². The molecule has 0 heterocycles. The van der Waals surface area contributed by atoms with Crippen molar-refractivity contribution in [3.63, 3.8) is 0 Å². The average Bonchev–Trinajstić information content (AvgIpc) is 2.49. The van der Waals surface area contributed by atoms with Gasteiger partial charge < -0.3 is 19.5 Å². The maximum absolute atomic E-state index is 5.57. The summed E-state index contributed by atoms with van der Waals surface area (Å²) in [6.45, 7) is 7.85. The molecular formula is C16H27NO3. The number of hydrogen-bond donors (Lipinski definition) is 1. The van der Waals surface area contributed by atoms with E-state index in [-0.39, 0.29) is 0 Å². The monoisotopic (exact) mass is 281 g/mol. The SMILES string of the molecule is CCCOc1ccc(C(C)NCCOCCOC)cc1. The summed E-state index contributed by atoms with van der Waals surface area (Å²) in [5.74, 6) is 0.936. The van der Waals surface area contributed by atoms with Gasteiger partial charge in [0.1, 0.15) is 5.75 Å². The van der Waals surface area contributed by atoms with Gasteiger partial charge in [0.2, 0.25) is 0 Å². The number of rotatable bonds is 11. The molecule has 4 heteroatoms. The van der Waals surface area contributed by atoms with Crippen LogP contribution in [0.5, 0.6) is 5.75 Å². The largest absolute Gasteiger partial charge is 0.494 e. The molecule has 0 aliphatic heterocycles. The molecule has 1 atom stereocenters. The third kappa shape index (κ3) is 6.89. The molecule has 0 aliphatic carbocycles. The number of hydrogen-bond acceptors (Lipinski definition) is 4. The van der Waals surface area contributed by atoms with E-state index in [0.717, 1.165) is 25.3 Å². The van der Waals surface area contributed by atoms with Gasteiger partial charge in [0.05, 0.1) is 26.4 Å². The topological polar surface area (TPSA) is 39.7 Å². The first kappa shape index (κ1) is 17.0. The zero-order chi connectivity index (χ0) is 14.6. The quantitative estimate of drug-likeness (QED) is 0.633. The van der Waals surface area contributed by atoms with Crippen molar-refractivity contribution in [3.05, 3.63) is 29.8 Å². The van der Waals surface area contributed by atoms with Gasteiger partial charge in [0.25, 0.3) is 0 Å². The molecule has 0 spiro atoms. The molecule has 1 N–H and O–H groups in total. The van der Waals surface area contributed by atoms with Crippen LogP contribution in [0.15, 0.2) is 24.3 Å². The van der Waals surface area contributed by atoms with Crippen molar-refractivity contribution in [2.75, 3.05) is 40.1 Å². The van der Waals surface area contributed by atoms with Crippen molar-refractivity contribution < 1.29 is 14.2 Å². The molecule has 0 aliphatic rings. The standard InChI is InChI=1S/C16H27NO3/c1-4-10-20-16-7-5-15(6-8-16)14(2)17-9-11-19-13-12-18-3/h5-8,14,17H,4,9-13H2,1-3H3. The fourth-order valence-electron chi connectivity index (χ4n) is 1.78. The maximum atomic E-state index is 5.57. The van der Waals surface area contributed by atoms with Gasteiger partial charge in [-0.1, -0.05) is 19.1 Å². The second-order valence-electron chi connectivity index (χ2n) is 4.70. The lowest BCUT2D eigenvalue weighted by atomic mass is 10.1. The number of nitrogens with one attached hydrogen (secondary N) is 1. The fourth-order valence-corrected chi connectivity index (χ4v) is 1.78. The van der Waals surface area contributed by atoms with E-state index >= 15 is 0 Å². The maximum Gasteiger partial charge on any atom is 0.119 e. The second kappa shape index (κ2) is 10.7. The molecule has 0 saturated carbocycles. The minimum Gasteiger partial charge on any atom is -0.494 e. The molecule has 4 nitrogen and oxygen atoms in total. The van der Waals surface area contributed by atoms with Crippen LogP contribution in [-0.4, -0.2) is 40.1 Å². The Morgan fingerprint density at radius 2 is 1.80 bits per heavy atom. The van der Waals surface area contributed by atoms with Crippen molar-refractivity contribution >= 4 is 0 Å². The molecule has 0 amide bonds. The van der Waals surface area contributed by atoms with E-state index in [1.165, 1.54) is 5.56 Å². The Morgan fingerprint density at radius 3 is 2.45 bits per heavy atom. The van der Waals surface area contributed by atoms with Gasteiger partial charge in [-0.2, -0.15) is 0 Å². The summed E-state index contributed by atoms with van der Waals surface area (Å²) in [5.41, 5.74) is 1.26. The third-order valence-electron chi connectivity index (χ3n) is 2.98. The minimum absolute atomic E-state index is 0.307. The number of ether oxygens (including phenoxy) is 3. The van der Waals surface area contributed by atoms with Crippen molar-refractivity contribution in [1.82, 2.24) is 5.32 Å². The molecule has 1 unspecified atom stereocenters. The van der Waals surface area contributed by atoms with Gasteiger partial charge in [-0.15, -0.1) is 0 Å². The molecule has 1 aromatic rings. The van der Waals surface area contributed by atoms with E-state index in [9.17, 15) is 0 Å². The lowest BCUT2D eigenvalue weighted by molar-refractivity contribution is 0.0712. The van der Waals surface area contributed by atoms with Gasteiger partial charge in [-0.05, 0) is 31.0 Å². The summed E-state index contributed by atoms with van der Waals surface area (Å²) in [5, 5.41) is 3.43. The lowest BCUT2D eigenvalue weighted by Crippen LogP contribution is -2.23. The smallest absolute Gasteiger partial charge is 0.119 e. The number of methoxy groups -OCH3 is 1. The van der Waals surface area contributed by atoms with E-state index in [0.29, 0.717) is 25.9 Å². The van der Waals surface area contributed by atoms with Gasteiger partial charge in [0, 0.05) is 19.7 Å². The molecule has 20 heavy (non-hydrogen) atoms. The normalized spacial score (nSPS) is 12.3. The highest BCUT2D eigenvalue weighted by Gasteiger charge is 2.04. The molecule has 0 bridgehead atoms. The summed E-state index contributed by atoms with van der Waals surface area (Å²) in [4.78, 5) is 0. The van der Waals surface area contributed by atoms with E-state index in [1.54, 1.807) is 7.11 Å². The van der Waals surface area contributed by atoms with Crippen LogP contribution in [0.2, 0.25) is 0 Å². The van der Waals surface area contributed by atoms with Crippen LogP contribution in [0.4, 0.5) is 0 Å². The Labute approximate surface area is 122 Å². The second-order valence-corrected chi connectivity index (χ2v) is 4.70. The molecule has 1 rings (SSSR count). The van der Waals surface area contributed by atoms with Crippen molar-refractivity contribution in [2.45, 2.75) is 26.3 Å². The molecule has 0 aromatic heterocycles. The summed E-state index contributed by atoms with van der Waals surface area (Å²) in [7, 11) is 1.68. The summed E-state index contributed by atoms with van der Waals surface area (Å²) in [6.07, 6.45) is 1.03. The molecule has 0 radical (unpaired) electrons. The Bertz CT molecular complexity index is 340. The van der Waals surface area contributed by atoms with Gasteiger partial charge in [-0.3, -0.25) is 0 Å². The van der Waals surface area contributed by atoms with E-state index in [4.69, 9.17) is 14.2 Å². The minimum atomic E-state index is 0.307. The van der Waals surface area contributed by atoms with E-state index in [2.05, 4.69) is 31.3 Å². The van der Waals surface area contributed by atoms with Crippen LogP contribution in [0.1, 0.15) is 31.9 Å². The predicted molar refractivity (Wildman–Crippen MR) is 81.3 cm³/mol. The molecule has 0 saturated heterocycles. The van der Waals surface area contributed by atoms with Crippen molar-refractivity contribution in [1.29, 1.82) is 0 Å². The van der Waals surface area contributed by atoms with Crippen LogP contribution in [-0.2, 0) is 9.47 Å². The Balaban J connectivity index is 2.23. The molecule has 0 fully saturated rings. The highest BCUT2D eigenvalue weighted by atomic mass is 16.5. The summed E-state index contributed by atoms with van der Waals surface area (Å²) < 4.78 is 15.9. The lowest BCUT2D eigenvalue weighted by Gasteiger charge is -2.15. The van der Waals surface area contributed by atoms with E-state index in [1.807, 2.05) is 12.1 Å². The summed E-state index contributed by atoms with van der Waals surface area (Å²) >= 11 is 0. The first-order valence-electron chi connectivity index (χ1n) is 7.30. The van der Waals surface area contributed by atoms with Gasteiger partial charge in [0.15, 0.2) is 0 Å². The summed E-state index contributed by atoms with van der Waals surface area (Å²) in [6, 6.07) is 8.57. The zero-order valence-electron chi connectivity index (χ0n) is 12.9. The Kier molecular flexibility index (Phi) is 9.04. The average molecular weight is 281 g/mol. The van der Waals surface area contributed by atoms with Crippen molar-refractivity contribution in [3.8, 4) is 5.75 Å². The van der Waals surface area contributed by atoms with Gasteiger partial charge in [-0.25, -0.2) is 0 Å². The zero-order valence-corrected chi connectivity index (χ0v) is 12.9. The molecular weight excluding hydrogens is 254 g/mol. The van der Waals surface area contributed by atoms with Gasteiger partial charge >= 0.3 is 0 Å². The highest BCUT2D eigenvalue weighted by Crippen LogP contribution is 2.17. The Morgan fingerprint density at radius 1 is 1.05 bits per heavy atom. The van der Waals surface area contributed by atoms with Crippen LogP contribution >= 0.6 is 0 Å². The molecule has 1 aromatic carbocycles. The van der Waals surface area contributed by atoms with Crippen LogP contribution in [0, 0.1) is 0 Å². The van der Waals surface area contributed by atoms with Crippen molar-refractivity contribution in [2.24, 2.45) is 0 Å². The highest BCUT2D eigenvalue weighted by molar-refractivity contribution is 5.28. The Hall–Kier alpha value is -1.10. The first-order valence-corrected chi connectivity index (χ1v) is 7.30. The third-order valence-corrected chi connectivity index (χ3v) is 2.98.